The van der Waals surface area contributed by atoms with Crippen molar-refractivity contribution in [3.8, 4) is 17.2 Å². The van der Waals surface area contributed by atoms with Gasteiger partial charge in [-0.05, 0) is 81.9 Å². The Morgan fingerprint density at radius 2 is 1.68 bits per heavy atom. The summed E-state index contributed by atoms with van der Waals surface area (Å²) in [7, 11) is -1.78. The number of hydrogen-bond donors (Lipinski definition) is 3. The van der Waals surface area contributed by atoms with Crippen LogP contribution < -0.4 is 30.6 Å². The van der Waals surface area contributed by atoms with Crippen LogP contribution in [0.4, 0.5) is 18.4 Å². The fourth-order valence-electron chi connectivity index (χ4n) is 9.20. The van der Waals surface area contributed by atoms with Crippen LogP contribution in [0.3, 0.4) is 0 Å². The highest BCUT2D eigenvalue weighted by Gasteiger charge is 2.68. The van der Waals surface area contributed by atoms with E-state index in [-0.39, 0.29) is 64.6 Å². The molecule has 0 aromatic heterocycles. The Morgan fingerprint density at radius 1 is 1.02 bits per heavy atom. The number of ether oxygens (including phenoxy) is 4. The maximum Gasteiger partial charge on any atom is 0.482 e. The molecule has 2 aromatic carbocycles. The van der Waals surface area contributed by atoms with Crippen LogP contribution in [0.2, 0.25) is 5.02 Å². The monoisotopic (exact) mass is 911 g/mol. The predicted molar refractivity (Wildman–Crippen MR) is 221 cm³/mol. The average Bonchev–Trinajstić information content (AvgIpc) is 3.76. The lowest BCUT2D eigenvalue weighted by Gasteiger charge is -2.64. The van der Waals surface area contributed by atoms with Crippen molar-refractivity contribution in [3.63, 3.8) is 0 Å². The summed E-state index contributed by atoms with van der Waals surface area (Å²) in [6.07, 6.45) is 0.959. The van der Waals surface area contributed by atoms with E-state index in [1.54, 1.807) is 20.8 Å². The van der Waals surface area contributed by atoms with Gasteiger partial charge in [-0.1, -0.05) is 31.5 Å². The number of hydrogen-bond acceptors (Lipinski definition) is 13. The van der Waals surface area contributed by atoms with Gasteiger partial charge in [0.05, 0.1) is 62.8 Å². The van der Waals surface area contributed by atoms with E-state index in [0.29, 0.717) is 21.5 Å². The molecule has 2 bridgehead atoms. The number of halogens is 3. The normalized spacial score (nSPS) is 23.9. The SMILES string of the molecule is COc1c(F)cc(C(NC(=O)N2CCN(S(=O)(=O)CCN)C2=O)C(=O)NC(Cc2ccc(F)c(C(=O)OC(C)(C)C)c2OC)B2O[C@@H]3C[C@@H]4C[C@@H](C4(C)C)[C@]3(C)O2)c(Cl)c1OC. The molecule has 5 aliphatic rings. The second-order valence-electron chi connectivity index (χ2n) is 17.6. The molecule has 3 aliphatic carbocycles. The summed E-state index contributed by atoms with van der Waals surface area (Å²) in [4.78, 5) is 56.1. The van der Waals surface area contributed by atoms with Crippen molar-refractivity contribution in [2.24, 2.45) is 23.0 Å². The summed E-state index contributed by atoms with van der Waals surface area (Å²) in [6.45, 7) is 10.1. The first-order valence-corrected chi connectivity index (χ1v) is 22.1. The fraction of sp³-hybridized carbons (Fsp3) is 0.600. The molecule has 62 heavy (non-hydrogen) atoms. The minimum absolute atomic E-state index is 0.0689. The molecular weight excluding hydrogens is 859 g/mol. The Bertz CT molecular complexity index is 2250. The van der Waals surface area contributed by atoms with Crippen LogP contribution in [0.1, 0.15) is 81.9 Å². The summed E-state index contributed by atoms with van der Waals surface area (Å²) in [5.74, 6) is -6.21. The lowest BCUT2D eigenvalue weighted by Crippen LogP contribution is -2.65. The van der Waals surface area contributed by atoms with E-state index in [1.165, 1.54) is 27.4 Å². The molecule has 4 N–H and O–H groups in total. The first kappa shape index (κ1) is 47.1. The van der Waals surface area contributed by atoms with Crippen molar-refractivity contribution < 1.29 is 64.6 Å². The van der Waals surface area contributed by atoms with E-state index < -0.39 is 99.5 Å². The molecule has 17 nitrogen and oxygen atoms in total. The molecule has 22 heteroatoms. The topological polar surface area (TPSA) is 214 Å². The average molecular weight is 912 g/mol. The smallest absolute Gasteiger partial charge is 0.482 e. The number of methoxy groups -OCH3 is 3. The van der Waals surface area contributed by atoms with Gasteiger partial charge in [-0.15, -0.1) is 0 Å². The van der Waals surface area contributed by atoms with E-state index in [9.17, 15) is 27.6 Å². The zero-order valence-corrected chi connectivity index (χ0v) is 37.6. The van der Waals surface area contributed by atoms with E-state index in [4.69, 9.17) is 45.6 Å². The Hall–Kier alpha value is -4.44. The summed E-state index contributed by atoms with van der Waals surface area (Å²) in [6, 6.07) is -1.06. The minimum Gasteiger partial charge on any atom is -0.495 e. The largest absolute Gasteiger partial charge is 0.495 e. The first-order valence-electron chi connectivity index (χ1n) is 20.1. The Balaban J connectivity index is 1.42. The van der Waals surface area contributed by atoms with Gasteiger partial charge in [0.1, 0.15) is 28.8 Å². The van der Waals surface area contributed by atoms with E-state index in [0.717, 1.165) is 18.6 Å². The second-order valence-corrected chi connectivity index (χ2v) is 20.0. The van der Waals surface area contributed by atoms with Gasteiger partial charge >= 0.3 is 25.1 Å². The van der Waals surface area contributed by atoms with Crippen LogP contribution in [0.25, 0.3) is 0 Å². The van der Waals surface area contributed by atoms with E-state index >= 15 is 8.78 Å². The number of benzene rings is 2. The van der Waals surface area contributed by atoms with Gasteiger partial charge in [-0.25, -0.2) is 40.8 Å². The number of carbonyl (C=O) groups is 4. The van der Waals surface area contributed by atoms with Crippen LogP contribution in [-0.4, -0.2) is 119 Å². The number of nitrogens with one attached hydrogen (secondary N) is 2. The van der Waals surface area contributed by atoms with Gasteiger partial charge in [0.25, 0.3) is 0 Å². The molecule has 340 valence electrons. The van der Waals surface area contributed by atoms with Crippen molar-refractivity contribution in [2.75, 3.05) is 46.7 Å². The molecule has 0 spiro atoms. The predicted octanol–water partition coefficient (Wildman–Crippen LogP) is 4.37. The molecular formula is C40H53BClF2N5O12S. The fourth-order valence-corrected chi connectivity index (χ4v) is 10.7. The lowest BCUT2D eigenvalue weighted by atomic mass is 9.43. The van der Waals surface area contributed by atoms with Gasteiger partial charge < -0.3 is 44.6 Å². The van der Waals surface area contributed by atoms with Gasteiger partial charge in [0, 0.05) is 12.1 Å². The highest BCUT2D eigenvalue weighted by molar-refractivity contribution is 7.89. The lowest BCUT2D eigenvalue weighted by molar-refractivity contribution is -0.199. The number of rotatable bonds is 14. The number of nitrogens with zero attached hydrogens (tertiary/aromatic N) is 2. The van der Waals surface area contributed by atoms with Crippen molar-refractivity contribution in [3.05, 3.63) is 51.5 Å². The van der Waals surface area contributed by atoms with Gasteiger partial charge in [0.15, 0.2) is 17.3 Å². The third-order valence-corrected chi connectivity index (χ3v) is 14.5. The summed E-state index contributed by atoms with van der Waals surface area (Å²) >= 11 is 6.75. The molecule has 0 radical (unpaired) electrons. The number of esters is 1. The molecule has 2 aromatic rings. The molecule has 2 saturated heterocycles. The number of sulfonamides is 1. The molecule has 5 amide bonds. The zero-order chi connectivity index (χ0) is 45.9. The zero-order valence-electron chi connectivity index (χ0n) is 36.1. The van der Waals surface area contributed by atoms with Crippen molar-refractivity contribution in [1.29, 1.82) is 0 Å². The van der Waals surface area contributed by atoms with Crippen molar-refractivity contribution in [1.82, 2.24) is 19.8 Å². The molecule has 7 rings (SSSR count). The minimum atomic E-state index is -4.19. The number of amides is 5. The summed E-state index contributed by atoms with van der Waals surface area (Å²) in [5, 5.41) is 4.94. The van der Waals surface area contributed by atoms with Gasteiger partial charge in [-0.3, -0.25) is 4.79 Å². The molecule has 3 saturated carbocycles. The molecule has 6 atom stereocenters. The number of nitrogens with two attached hydrogens (primary N) is 1. The third kappa shape index (κ3) is 8.49. The molecule has 2 unspecified atom stereocenters. The highest BCUT2D eigenvalue weighted by Crippen LogP contribution is 2.65. The Morgan fingerprint density at radius 3 is 2.27 bits per heavy atom. The van der Waals surface area contributed by atoms with Gasteiger partial charge in [0.2, 0.25) is 15.9 Å². The maximum atomic E-state index is 15.7. The highest BCUT2D eigenvalue weighted by atomic mass is 35.5. The molecule has 5 fully saturated rings. The quantitative estimate of drug-likeness (QED) is 0.178. The number of urea groups is 2. The van der Waals surface area contributed by atoms with Crippen LogP contribution in [0.15, 0.2) is 18.2 Å². The van der Waals surface area contributed by atoms with Crippen LogP contribution in [0.5, 0.6) is 17.2 Å². The van der Waals surface area contributed by atoms with Crippen LogP contribution in [-0.2, 0) is 35.3 Å². The standard InChI is InChI=1S/C40H53BClF2N5O12S/c1-38(2,3)59-35(51)28-23(43)11-10-20(31(28)56-7)16-27(41-60-26-18-21-17-25(39(21,4)5)40(26,6)61-41)46-34(50)30(22-19-24(44)32(57-8)33(58-9)29(22)42)47-36(52)48-13-14-49(37(48)53)62(54,55)15-12-45/h10-11,19,21,25-27,30H,12-18,45H2,1-9H3,(H,46,50)(H,47,52)/t21-,25-,26+,27?,30?,40-/m0/s1. The second kappa shape index (κ2) is 17.3. The third-order valence-electron chi connectivity index (χ3n) is 12.4. The summed E-state index contributed by atoms with van der Waals surface area (Å²) in [5.41, 5.74) is 2.98. The Labute approximate surface area is 364 Å². The van der Waals surface area contributed by atoms with Gasteiger partial charge in [-0.2, -0.15) is 0 Å². The number of carbonyl (C=O) groups excluding carboxylic acids is 4. The summed E-state index contributed by atoms with van der Waals surface area (Å²) < 4.78 is 92.2. The van der Waals surface area contributed by atoms with Crippen molar-refractivity contribution in [2.45, 2.75) is 90.1 Å². The molecule has 2 heterocycles. The Kier molecular flexibility index (Phi) is 13.1. The van der Waals surface area contributed by atoms with Crippen LogP contribution in [0, 0.1) is 28.9 Å². The maximum absolute atomic E-state index is 15.7. The van der Waals surface area contributed by atoms with E-state index in [1.807, 2.05) is 6.92 Å². The number of imide groups is 1. The van der Waals surface area contributed by atoms with Crippen molar-refractivity contribution >= 4 is 52.7 Å². The van der Waals surface area contributed by atoms with E-state index in [2.05, 4.69) is 24.5 Å². The van der Waals surface area contributed by atoms with Crippen LogP contribution >= 0.6 is 11.6 Å². The molecule has 2 aliphatic heterocycles. The first-order chi connectivity index (χ1) is 28.9.